The van der Waals surface area contributed by atoms with Crippen LogP contribution < -0.4 is 10.2 Å². The van der Waals surface area contributed by atoms with Crippen molar-refractivity contribution in [3.63, 3.8) is 0 Å². The van der Waals surface area contributed by atoms with Crippen molar-refractivity contribution in [1.82, 2.24) is 9.97 Å². The smallest absolute Gasteiger partial charge is 0.171 e. The molecule has 0 bridgehead atoms. The van der Waals surface area contributed by atoms with E-state index in [1.807, 2.05) is 25.1 Å². The Morgan fingerprint density at radius 1 is 1.04 bits per heavy atom. The van der Waals surface area contributed by atoms with Gasteiger partial charge < -0.3 is 19.7 Å². The van der Waals surface area contributed by atoms with E-state index >= 15 is 0 Å². The van der Waals surface area contributed by atoms with Gasteiger partial charge in [0.15, 0.2) is 5.79 Å². The lowest BCUT2D eigenvalue weighted by molar-refractivity contribution is -0.169. The highest BCUT2D eigenvalue weighted by Crippen LogP contribution is 2.33. The normalized spacial score (nSPS) is 19.4. The fourth-order valence-corrected chi connectivity index (χ4v) is 3.51. The maximum absolute atomic E-state index is 5.81. The Hall–Kier alpha value is -2.18. The van der Waals surface area contributed by atoms with Crippen molar-refractivity contribution < 1.29 is 9.47 Å². The number of nitrogens with zero attached hydrogens (tertiary/aromatic N) is 3. The van der Waals surface area contributed by atoms with Gasteiger partial charge in [0, 0.05) is 37.7 Å². The molecule has 3 heterocycles. The third-order valence-corrected chi connectivity index (χ3v) is 4.78. The summed E-state index contributed by atoms with van der Waals surface area (Å²) in [5.74, 6) is 2.18. The minimum atomic E-state index is -0.360. The maximum atomic E-state index is 5.81. The predicted octanol–water partition coefficient (Wildman–Crippen LogP) is 3.18. The van der Waals surface area contributed by atoms with E-state index in [0.29, 0.717) is 13.2 Å². The molecule has 0 atom stereocenters. The van der Waals surface area contributed by atoms with Crippen molar-refractivity contribution >= 4 is 17.3 Å². The summed E-state index contributed by atoms with van der Waals surface area (Å²) in [4.78, 5) is 11.4. The Balaban J connectivity index is 1.50. The van der Waals surface area contributed by atoms with E-state index in [1.165, 1.54) is 5.56 Å². The van der Waals surface area contributed by atoms with E-state index in [9.17, 15) is 0 Å². The van der Waals surface area contributed by atoms with Crippen LogP contribution in [0.3, 0.4) is 0 Å². The maximum Gasteiger partial charge on any atom is 0.171 e. The number of aryl methyl sites for hydroxylation is 2. The van der Waals surface area contributed by atoms with E-state index in [0.717, 1.165) is 49.1 Å². The molecule has 0 radical (unpaired) electrons. The van der Waals surface area contributed by atoms with Gasteiger partial charge in [-0.25, -0.2) is 9.97 Å². The first-order chi connectivity index (χ1) is 12.1. The van der Waals surface area contributed by atoms with Crippen molar-refractivity contribution in [2.45, 2.75) is 32.5 Å². The van der Waals surface area contributed by atoms with Crippen LogP contribution in [0.5, 0.6) is 0 Å². The number of hydrogen-bond acceptors (Lipinski definition) is 6. The number of piperidine rings is 1. The summed E-state index contributed by atoms with van der Waals surface area (Å²) >= 11 is 0. The molecule has 0 unspecified atom stereocenters. The fraction of sp³-hybridized carbons (Fsp3) is 0.474. The van der Waals surface area contributed by atoms with Gasteiger partial charge in [-0.1, -0.05) is 12.1 Å². The first-order valence-electron chi connectivity index (χ1n) is 8.84. The molecule has 6 nitrogen and oxygen atoms in total. The molecule has 2 aromatic rings. The van der Waals surface area contributed by atoms with Crippen LogP contribution in [0, 0.1) is 13.8 Å². The number of anilines is 3. The van der Waals surface area contributed by atoms with Crippen LogP contribution in [-0.2, 0) is 9.47 Å². The van der Waals surface area contributed by atoms with Crippen molar-refractivity contribution in [2.24, 2.45) is 0 Å². The Kier molecular flexibility index (Phi) is 4.31. The number of ether oxygens (including phenoxy) is 2. The van der Waals surface area contributed by atoms with Crippen LogP contribution in [0.1, 0.15) is 24.2 Å². The molecule has 2 aliphatic heterocycles. The number of hydrogen-bond donors (Lipinski definition) is 1. The van der Waals surface area contributed by atoms with Crippen molar-refractivity contribution in [3.05, 3.63) is 41.7 Å². The van der Waals surface area contributed by atoms with E-state index in [4.69, 9.17) is 9.47 Å². The van der Waals surface area contributed by atoms with E-state index in [1.54, 1.807) is 0 Å². The summed E-state index contributed by atoms with van der Waals surface area (Å²) in [6, 6.07) is 10.3. The minimum absolute atomic E-state index is 0.360. The monoisotopic (exact) mass is 340 g/mol. The Morgan fingerprint density at radius 3 is 2.52 bits per heavy atom. The molecule has 1 aromatic heterocycles. The second kappa shape index (κ2) is 6.61. The number of benzene rings is 1. The van der Waals surface area contributed by atoms with Crippen LogP contribution in [0.2, 0.25) is 0 Å². The average molecular weight is 340 g/mol. The second-order valence-corrected chi connectivity index (χ2v) is 6.75. The molecule has 2 saturated heterocycles. The first kappa shape index (κ1) is 16.3. The predicted molar refractivity (Wildman–Crippen MR) is 97.3 cm³/mol. The highest BCUT2D eigenvalue weighted by Gasteiger charge is 2.40. The molecular formula is C19H24N4O2. The molecule has 1 aromatic carbocycles. The molecule has 4 rings (SSSR count). The summed E-state index contributed by atoms with van der Waals surface area (Å²) in [5, 5.41) is 3.39. The highest BCUT2D eigenvalue weighted by atomic mass is 16.7. The topological polar surface area (TPSA) is 59.5 Å². The Bertz CT molecular complexity index is 749. The molecule has 0 saturated carbocycles. The number of aromatic nitrogens is 2. The Labute approximate surface area is 148 Å². The van der Waals surface area contributed by atoms with Gasteiger partial charge in [0.1, 0.15) is 17.5 Å². The quantitative estimate of drug-likeness (QED) is 0.926. The van der Waals surface area contributed by atoms with Gasteiger partial charge in [-0.3, -0.25) is 0 Å². The van der Waals surface area contributed by atoms with Crippen LogP contribution in [0.4, 0.5) is 17.3 Å². The molecule has 2 aliphatic rings. The van der Waals surface area contributed by atoms with Crippen molar-refractivity contribution in [2.75, 3.05) is 36.5 Å². The van der Waals surface area contributed by atoms with E-state index in [2.05, 4.69) is 39.2 Å². The molecule has 1 N–H and O–H groups in total. The Morgan fingerprint density at radius 2 is 1.80 bits per heavy atom. The summed E-state index contributed by atoms with van der Waals surface area (Å²) in [6.45, 7) is 7.17. The summed E-state index contributed by atoms with van der Waals surface area (Å²) in [7, 11) is 0. The van der Waals surface area contributed by atoms with Gasteiger partial charge in [-0.15, -0.1) is 0 Å². The molecule has 132 valence electrons. The summed E-state index contributed by atoms with van der Waals surface area (Å²) in [6.07, 6.45) is 1.74. The number of rotatable bonds is 3. The molecule has 0 aliphatic carbocycles. The molecular weight excluding hydrogens is 316 g/mol. The zero-order valence-corrected chi connectivity index (χ0v) is 14.8. The zero-order valence-electron chi connectivity index (χ0n) is 14.8. The lowest BCUT2D eigenvalue weighted by Gasteiger charge is -2.38. The van der Waals surface area contributed by atoms with Gasteiger partial charge in [-0.05, 0) is 31.5 Å². The molecule has 25 heavy (non-hydrogen) atoms. The van der Waals surface area contributed by atoms with Gasteiger partial charge >= 0.3 is 0 Å². The van der Waals surface area contributed by atoms with E-state index in [-0.39, 0.29) is 5.79 Å². The summed E-state index contributed by atoms with van der Waals surface area (Å²) < 4.78 is 11.6. The van der Waals surface area contributed by atoms with Gasteiger partial charge in [0.25, 0.3) is 0 Å². The molecule has 2 fully saturated rings. The van der Waals surface area contributed by atoms with Crippen LogP contribution in [0.15, 0.2) is 30.3 Å². The van der Waals surface area contributed by atoms with Crippen LogP contribution in [0.25, 0.3) is 0 Å². The average Bonchev–Trinajstić information content (AvgIpc) is 3.03. The zero-order chi connectivity index (χ0) is 17.3. The third-order valence-electron chi connectivity index (χ3n) is 4.78. The number of nitrogens with one attached hydrogen (secondary N) is 1. The van der Waals surface area contributed by atoms with Gasteiger partial charge in [0.2, 0.25) is 0 Å². The standard InChI is InChI=1S/C19H24N4O2/c1-14-4-3-5-16(12-14)22-17-13-18(21-15(2)20-17)23-8-6-19(7-9-23)24-10-11-25-19/h3-5,12-13H,6-11H2,1-2H3,(H,20,21,22). The minimum Gasteiger partial charge on any atom is -0.356 e. The highest BCUT2D eigenvalue weighted by molar-refractivity contribution is 5.60. The first-order valence-corrected chi connectivity index (χ1v) is 8.84. The van der Waals surface area contributed by atoms with Gasteiger partial charge in [0.05, 0.1) is 13.2 Å². The van der Waals surface area contributed by atoms with Gasteiger partial charge in [-0.2, -0.15) is 0 Å². The molecule has 0 amide bonds. The molecule has 1 spiro atoms. The SMILES string of the molecule is Cc1cccc(Nc2cc(N3CCC4(CC3)OCCO4)nc(C)n2)c1. The van der Waals surface area contributed by atoms with Crippen molar-refractivity contribution in [1.29, 1.82) is 0 Å². The lowest BCUT2D eigenvalue weighted by atomic mass is 10.0. The molecule has 6 heteroatoms. The van der Waals surface area contributed by atoms with Crippen LogP contribution >= 0.6 is 0 Å². The van der Waals surface area contributed by atoms with Crippen molar-refractivity contribution in [3.8, 4) is 0 Å². The fourth-order valence-electron chi connectivity index (χ4n) is 3.51. The largest absolute Gasteiger partial charge is 0.356 e. The summed E-state index contributed by atoms with van der Waals surface area (Å²) in [5.41, 5.74) is 2.25. The second-order valence-electron chi connectivity index (χ2n) is 6.75. The van der Waals surface area contributed by atoms with Crippen LogP contribution in [-0.4, -0.2) is 42.1 Å². The lowest BCUT2D eigenvalue weighted by Crippen LogP contribution is -2.45. The van der Waals surface area contributed by atoms with E-state index < -0.39 is 0 Å². The third kappa shape index (κ3) is 3.60.